The lowest BCUT2D eigenvalue weighted by atomic mass is 9.78. The first-order valence-electron chi connectivity index (χ1n) is 5.63. The molecule has 94 valence electrons. The van der Waals surface area contributed by atoms with Crippen LogP contribution >= 0.6 is 0 Å². The van der Waals surface area contributed by atoms with E-state index in [1.807, 2.05) is 6.92 Å². The third-order valence-electron chi connectivity index (χ3n) is 3.36. The van der Waals surface area contributed by atoms with E-state index in [1.54, 1.807) is 13.0 Å². The number of halogens is 1. The van der Waals surface area contributed by atoms with Gasteiger partial charge in [-0.25, -0.2) is 4.39 Å². The number of nitrogens with two attached hydrogens (primary N) is 1. The Morgan fingerprint density at radius 2 is 2.18 bits per heavy atom. The quantitative estimate of drug-likeness (QED) is 0.827. The van der Waals surface area contributed by atoms with Crippen molar-refractivity contribution in [3.8, 4) is 0 Å². The summed E-state index contributed by atoms with van der Waals surface area (Å²) in [5.74, 6) is -1.27. The smallest absolute Gasteiger partial charge is 0.311 e. The average molecular weight is 239 g/mol. The van der Waals surface area contributed by atoms with Gasteiger partial charge in [-0.15, -0.1) is 0 Å². The van der Waals surface area contributed by atoms with E-state index >= 15 is 0 Å². The van der Waals surface area contributed by atoms with Crippen molar-refractivity contribution < 1.29 is 14.3 Å². The van der Waals surface area contributed by atoms with Crippen LogP contribution in [0.5, 0.6) is 0 Å². The topological polar surface area (TPSA) is 63.3 Å². The normalized spacial score (nSPS) is 14.4. The highest BCUT2D eigenvalue weighted by Gasteiger charge is 2.35. The third kappa shape index (κ3) is 2.82. The van der Waals surface area contributed by atoms with Crippen LogP contribution in [0.4, 0.5) is 4.39 Å². The number of hydrogen-bond acceptors (Lipinski definition) is 2. The van der Waals surface area contributed by atoms with Gasteiger partial charge in [0.05, 0.1) is 5.41 Å². The second-order valence-corrected chi connectivity index (χ2v) is 4.39. The number of aliphatic carboxylic acids is 1. The number of carboxylic acid groups (broad SMARTS) is 1. The van der Waals surface area contributed by atoms with Crippen molar-refractivity contribution in [3.05, 3.63) is 35.1 Å². The number of rotatable bonds is 5. The van der Waals surface area contributed by atoms with E-state index < -0.39 is 11.4 Å². The summed E-state index contributed by atoms with van der Waals surface area (Å²) in [7, 11) is 0. The summed E-state index contributed by atoms with van der Waals surface area (Å²) >= 11 is 0. The molecule has 1 unspecified atom stereocenters. The van der Waals surface area contributed by atoms with Crippen molar-refractivity contribution in [2.45, 2.75) is 26.7 Å². The Morgan fingerprint density at radius 1 is 1.53 bits per heavy atom. The molecule has 0 aromatic heterocycles. The fourth-order valence-electron chi connectivity index (χ4n) is 1.85. The second-order valence-electron chi connectivity index (χ2n) is 4.39. The Balaban J connectivity index is 3.09. The van der Waals surface area contributed by atoms with Crippen molar-refractivity contribution >= 4 is 5.97 Å². The van der Waals surface area contributed by atoms with Crippen molar-refractivity contribution in [1.82, 2.24) is 0 Å². The minimum Gasteiger partial charge on any atom is -0.481 e. The molecular formula is C13H18FNO2. The van der Waals surface area contributed by atoms with Crippen LogP contribution in [-0.2, 0) is 11.2 Å². The maximum atomic E-state index is 13.2. The zero-order chi connectivity index (χ0) is 13.1. The van der Waals surface area contributed by atoms with E-state index in [9.17, 15) is 14.3 Å². The Kier molecular flexibility index (Phi) is 4.23. The van der Waals surface area contributed by atoms with Crippen molar-refractivity contribution in [3.63, 3.8) is 0 Å². The van der Waals surface area contributed by atoms with Gasteiger partial charge in [0.2, 0.25) is 0 Å². The molecular weight excluding hydrogens is 221 g/mol. The lowest BCUT2D eigenvalue weighted by Gasteiger charge is -2.27. The molecule has 0 bridgehead atoms. The van der Waals surface area contributed by atoms with Crippen LogP contribution in [0.3, 0.4) is 0 Å². The molecule has 0 spiro atoms. The maximum absolute atomic E-state index is 13.2. The van der Waals surface area contributed by atoms with Crippen LogP contribution < -0.4 is 5.73 Å². The molecule has 0 aliphatic carbocycles. The number of carbonyl (C=O) groups is 1. The van der Waals surface area contributed by atoms with Crippen LogP contribution in [-0.4, -0.2) is 17.6 Å². The number of aryl methyl sites for hydroxylation is 1. The Hall–Kier alpha value is -1.42. The number of benzene rings is 1. The fourth-order valence-corrected chi connectivity index (χ4v) is 1.85. The summed E-state index contributed by atoms with van der Waals surface area (Å²) in [4.78, 5) is 11.3. The fraction of sp³-hybridized carbons (Fsp3) is 0.462. The van der Waals surface area contributed by atoms with Gasteiger partial charge in [0.25, 0.3) is 0 Å². The van der Waals surface area contributed by atoms with Crippen LogP contribution in [0.15, 0.2) is 18.2 Å². The molecule has 1 rings (SSSR count). The van der Waals surface area contributed by atoms with Crippen LogP contribution in [0.1, 0.15) is 24.5 Å². The molecule has 17 heavy (non-hydrogen) atoms. The van der Waals surface area contributed by atoms with E-state index in [2.05, 4.69) is 0 Å². The van der Waals surface area contributed by atoms with Gasteiger partial charge in [-0.2, -0.15) is 0 Å². The molecule has 0 fully saturated rings. The third-order valence-corrected chi connectivity index (χ3v) is 3.36. The summed E-state index contributed by atoms with van der Waals surface area (Å²) < 4.78 is 13.2. The summed E-state index contributed by atoms with van der Waals surface area (Å²) in [6.45, 7) is 3.68. The first-order chi connectivity index (χ1) is 7.95. The van der Waals surface area contributed by atoms with Gasteiger partial charge in [-0.05, 0) is 43.0 Å². The molecule has 0 saturated heterocycles. The SMILES string of the molecule is CCC(CN)(Cc1cc(F)ccc1C)C(=O)O. The highest BCUT2D eigenvalue weighted by molar-refractivity contribution is 5.75. The van der Waals surface area contributed by atoms with Crippen LogP contribution in [0.25, 0.3) is 0 Å². The van der Waals surface area contributed by atoms with Crippen molar-refractivity contribution in [2.24, 2.45) is 11.1 Å². The first kappa shape index (κ1) is 13.6. The van der Waals surface area contributed by atoms with Crippen molar-refractivity contribution in [2.75, 3.05) is 6.54 Å². The van der Waals surface area contributed by atoms with Gasteiger partial charge in [-0.1, -0.05) is 13.0 Å². The molecule has 1 aromatic rings. The molecule has 3 N–H and O–H groups in total. The summed E-state index contributed by atoms with van der Waals surface area (Å²) in [6, 6.07) is 4.41. The monoisotopic (exact) mass is 239 g/mol. The first-order valence-corrected chi connectivity index (χ1v) is 5.63. The lowest BCUT2D eigenvalue weighted by Crippen LogP contribution is -2.40. The number of hydrogen-bond donors (Lipinski definition) is 2. The van der Waals surface area contributed by atoms with E-state index in [0.29, 0.717) is 12.0 Å². The molecule has 4 heteroatoms. The molecule has 0 amide bonds. The van der Waals surface area contributed by atoms with Gasteiger partial charge in [-0.3, -0.25) is 4.79 Å². The zero-order valence-corrected chi connectivity index (χ0v) is 10.2. The van der Waals surface area contributed by atoms with Gasteiger partial charge in [0.1, 0.15) is 5.82 Å². The van der Waals surface area contributed by atoms with Crippen molar-refractivity contribution in [1.29, 1.82) is 0 Å². The lowest BCUT2D eigenvalue weighted by molar-refractivity contribution is -0.148. The van der Waals surface area contributed by atoms with Crippen LogP contribution in [0.2, 0.25) is 0 Å². The molecule has 0 aliphatic heterocycles. The molecule has 0 saturated carbocycles. The van der Waals surface area contributed by atoms with E-state index in [4.69, 9.17) is 5.73 Å². The van der Waals surface area contributed by atoms with Gasteiger partial charge in [0, 0.05) is 6.54 Å². The highest BCUT2D eigenvalue weighted by Crippen LogP contribution is 2.28. The highest BCUT2D eigenvalue weighted by atomic mass is 19.1. The Labute approximate surface area is 100 Å². The predicted molar refractivity (Wildman–Crippen MR) is 64.3 cm³/mol. The molecule has 1 atom stereocenters. The average Bonchev–Trinajstić information content (AvgIpc) is 2.30. The molecule has 0 heterocycles. The van der Waals surface area contributed by atoms with Gasteiger partial charge in [0.15, 0.2) is 0 Å². The summed E-state index contributed by atoms with van der Waals surface area (Å²) in [6.07, 6.45) is 0.688. The second kappa shape index (κ2) is 5.27. The Bertz CT molecular complexity index is 414. The van der Waals surface area contributed by atoms with E-state index in [-0.39, 0.29) is 18.8 Å². The zero-order valence-electron chi connectivity index (χ0n) is 10.2. The predicted octanol–water partition coefficient (Wildman–Crippen LogP) is 2.12. The minimum atomic E-state index is -1.00. The van der Waals surface area contributed by atoms with Gasteiger partial charge >= 0.3 is 5.97 Å². The molecule has 1 aromatic carbocycles. The molecule has 0 radical (unpaired) electrons. The Morgan fingerprint density at radius 3 is 2.65 bits per heavy atom. The molecule has 0 aliphatic rings. The standard InChI is InChI=1S/C13H18FNO2/c1-3-13(8-15,12(16)17)7-10-6-11(14)5-4-9(10)2/h4-6H,3,7-8,15H2,1-2H3,(H,16,17). The minimum absolute atomic E-state index is 0.0504. The van der Waals surface area contributed by atoms with Crippen LogP contribution in [0, 0.1) is 18.2 Å². The summed E-state index contributed by atoms with van der Waals surface area (Å²) in [5, 5.41) is 9.27. The largest absolute Gasteiger partial charge is 0.481 e. The van der Waals surface area contributed by atoms with Gasteiger partial charge < -0.3 is 10.8 Å². The summed E-state index contributed by atoms with van der Waals surface area (Å²) in [5.41, 5.74) is 6.18. The maximum Gasteiger partial charge on any atom is 0.311 e. The van der Waals surface area contributed by atoms with E-state index in [1.165, 1.54) is 12.1 Å². The van der Waals surface area contributed by atoms with E-state index in [0.717, 1.165) is 5.56 Å². The number of carboxylic acids is 1. The molecule has 3 nitrogen and oxygen atoms in total.